The third kappa shape index (κ3) is 4.47. The molecule has 0 aliphatic carbocycles. The van der Waals surface area contributed by atoms with Gasteiger partial charge in [0.25, 0.3) is 0 Å². The molecule has 1 rings (SSSR count). The molecule has 20 heavy (non-hydrogen) atoms. The van der Waals surface area contributed by atoms with Gasteiger partial charge in [0.05, 0.1) is 0 Å². The van der Waals surface area contributed by atoms with Crippen LogP contribution in [0.5, 0.6) is 0 Å². The number of nitrogens with zero attached hydrogens (tertiary/aromatic N) is 2. The minimum Gasteiger partial charge on any atom is -0.342 e. The standard InChI is InChI=1S/C17H34N2O/c1-13(2)8-10-19-11-9-15(17(5,6)12-19)18(7)16(20)14(3)4/h13-15H,8-12H2,1-7H3/t15-/m1/s1. The van der Waals surface area contributed by atoms with Gasteiger partial charge < -0.3 is 9.80 Å². The molecule has 0 aromatic heterocycles. The Hall–Kier alpha value is -0.570. The predicted octanol–water partition coefficient (Wildman–Crippen LogP) is 3.25. The Morgan fingerprint density at radius 3 is 2.35 bits per heavy atom. The number of piperidine rings is 1. The van der Waals surface area contributed by atoms with Crippen LogP contribution in [-0.2, 0) is 4.79 Å². The normalized spacial score (nSPS) is 23.4. The molecule has 1 saturated heterocycles. The van der Waals surface area contributed by atoms with Crippen LogP contribution in [0.15, 0.2) is 0 Å². The van der Waals surface area contributed by atoms with Gasteiger partial charge in [-0.3, -0.25) is 4.79 Å². The van der Waals surface area contributed by atoms with Gasteiger partial charge in [0.2, 0.25) is 5.91 Å². The minimum atomic E-state index is 0.0924. The lowest BCUT2D eigenvalue weighted by Gasteiger charge is -2.48. The van der Waals surface area contributed by atoms with Crippen molar-refractivity contribution in [1.29, 1.82) is 0 Å². The quantitative estimate of drug-likeness (QED) is 0.773. The lowest BCUT2D eigenvalue weighted by Crippen LogP contribution is -2.56. The molecule has 3 heteroatoms. The molecule has 0 unspecified atom stereocenters. The van der Waals surface area contributed by atoms with Crippen LogP contribution in [-0.4, -0.2) is 48.4 Å². The van der Waals surface area contributed by atoms with Gasteiger partial charge in [0.1, 0.15) is 0 Å². The van der Waals surface area contributed by atoms with E-state index >= 15 is 0 Å². The van der Waals surface area contributed by atoms with E-state index < -0.39 is 0 Å². The number of rotatable bonds is 5. The van der Waals surface area contributed by atoms with Crippen molar-refractivity contribution in [3.8, 4) is 0 Å². The van der Waals surface area contributed by atoms with E-state index in [9.17, 15) is 4.79 Å². The molecular weight excluding hydrogens is 248 g/mol. The van der Waals surface area contributed by atoms with Gasteiger partial charge in [-0.15, -0.1) is 0 Å². The van der Waals surface area contributed by atoms with Crippen LogP contribution < -0.4 is 0 Å². The second-order valence-electron chi connectivity index (χ2n) is 7.86. The molecular formula is C17H34N2O. The maximum atomic E-state index is 12.2. The summed E-state index contributed by atoms with van der Waals surface area (Å²) < 4.78 is 0. The summed E-state index contributed by atoms with van der Waals surface area (Å²) in [6, 6.07) is 0.368. The molecule has 118 valence electrons. The molecule has 0 radical (unpaired) electrons. The second-order valence-corrected chi connectivity index (χ2v) is 7.86. The number of carbonyl (C=O) groups is 1. The molecule has 0 bridgehead atoms. The molecule has 0 spiro atoms. The molecule has 0 N–H and O–H groups in total. The molecule has 0 aromatic carbocycles. The summed E-state index contributed by atoms with van der Waals surface area (Å²) in [5.74, 6) is 1.13. The first kappa shape index (κ1) is 17.5. The Balaban J connectivity index is 2.63. The Morgan fingerprint density at radius 1 is 1.30 bits per heavy atom. The minimum absolute atomic E-state index is 0.0924. The summed E-state index contributed by atoms with van der Waals surface area (Å²) in [4.78, 5) is 16.8. The van der Waals surface area contributed by atoms with Crippen molar-refractivity contribution in [2.75, 3.05) is 26.7 Å². The summed E-state index contributed by atoms with van der Waals surface area (Å²) in [5, 5.41) is 0. The van der Waals surface area contributed by atoms with Crippen LogP contribution in [0.1, 0.15) is 54.4 Å². The predicted molar refractivity (Wildman–Crippen MR) is 85.7 cm³/mol. The first-order chi connectivity index (χ1) is 9.15. The van der Waals surface area contributed by atoms with Gasteiger partial charge in [-0.05, 0) is 30.7 Å². The van der Waals surface area contributed by atoms with Gasteiger partial charge in [-0.2, -0.15) is 0 Å². The SMILES string of the molecule is CC(C)CCN1CC[C@@H](N(C)C(=O)C(C)C)C(C)(C)C1. The van der Waals surface area contributed by atoms with Crippen molar-refractivity contribution in [2.45, 2.75) is 60.4 Å². The van der Waals surface area contributed by atoms with E-state index in [-0.39, 0.29) is 17.2 Å². The van der Waals surface area contributed by atoms with E-state index in [1.54, 1.807) is 0 Å². The molecule has 1 atom stereocenters. The van der Waals surface area contributed by atoms with Crippen LogP contribution in [0.3, 0.4) is 0 Å². The molecule has 1 aliphatic rings. The number of hydrogen-bond acceptors (Lipinski definition) is 2. The zero-order valence-corrected chi connectivity index (χ0v) is 14.6. The number of likely N-dealkylation sites (tertiary alicyclic amines) is 1. The largest absolute Gasteiger partial charge is 0.342 e. The molecule has 1 aliphatic heterocycles. The van der Waals surface area contributed by atoms with Crippen molar-refractivity contribution in [1.82, 2.24) is 9.80 Å². The Bertz CT molecular complexity index is 323. The first-order valence-corrected chi connectivity index (χ1v) is 8.14. The van der Waals surface area contributed by atoms with Crippen molar-refractivity contribution in [3.05, 3.63) is 0 Å². The van der Waals surface area contributed by atoms with Crippen molar-refractivity contribution >= 4 is 5.91 Å². The smallest absolute Gasteiger partial charge is 0.225 e. The maximum absolute atomic E-state index is 12.2. The summed E-state index contributed by atoms with van der Waals surface area (Å²) in [7, 11) is 1.98. The van der Waals surface area contributed by atoms with Gasteiger partial charge in [-0.1, -0.05) is 41.5 Å². The average Bonchev–Trinajstić information content (AvgIpc) is 2.33. The molecule has 0 saturated carbocycles. The molecule has 1 heterocycles. The number of hydrogen-bond donors (Lipinski definition) is 0. The third-order valence-corrected chi connectivity index (χ3v) is 4.58. The Kier molecular flexibility index (Phi) is 6.06. The van der Waals surface area contributed by atoms with Crippen molar-refractivity contribution in [2.24, 2.45) is 17.3 Å². The average molecular weight is 282 g/mol. The van der Waals surface area contributed by atoms with Gasteiger partial charge in [0, 0.05) is 32.1 Å². The topological polar surface area (TPSA) is 23.6 Å². The fourth-order valence-electron chi connectivity index (χ4n) is 3.37. The Morgan fingerprint density at radius 2 is 1.90 bits per heavy atom. The van der Waals surface area contributed by atoms with E-state index in [0.29, 0.717) is 6.04 Å². The van der Waals surface area contributed by atoms with Crippen molar-refractivity contribution in [3.63, 3.8) is 0 Å². The number of amides is 1. The first-order valence-electron chi connectivity index (χ1n) is 8.14. The second kappa shape index (κ2) is 6.93. The van der Waals surface area contributed by atoms with Crippen LogP contribution in [0.25, 0.3) is 0 Å². The lowest BCUT2D eigenvalue weighted by atomic mass is 9.78. The zero-order chi connectivity index (χ0) is 15.5. The molecule has 1 fully saturated rings. The number of carbonyl (C=O) groups excluding carboxylic acids is 1. The molecule has 3 nitrogen and oxygen atoms in total. The van der Waals surface area contributed by atoms with Gasteiger partial charge >= 0.3 is 0 Å². The fourth-order valence-corrected chi connectivity index (χ4v) is 3.37. The molecule has 1 amide bonds. The maximum Gasteiger partial charge on any atom is 0.225 e. The highest BCUT2D eigenvalue weighted by molar-refractivity contribution is 5.78. The lowest BCUT2D eigenvalue weighted by molar-refractivity contribution is -0.139. The van der Waals surface area contributed by atoms with E-state index in [2.05, 4.69) is 32.6 Å². The van der Waals surface area contributed by atoms with Crippen LogP contribution >= 0.6 is 0 Å². The van der Waals surface area contributed by atoms with E-state index in [1.807, 2.05) is 25.8 Å². The summed E-state index contributed by atoms with van der Waals surface area (Å²) in [5.41, 5.74) is 0.175. The highest BCUT2D eigenvalue weighted by Gasteiger charge is 2.39. The summed E-state index contributed by atoms with van der Waals surface area (Å²) in [6.07, 6.45) is 2.36. The Labute approximate surface area is 125 Å². The van der Waals surface area contributed by atoms with E-state index in [1.165, 1.54) is 13.0 Å². The van der Waals surface area contributed by atoms with Crippen LogP contribution in [0, 0.1) is 17.3 Å². The van der Waals surface area contributed by atoms with Crippen molar-refractivity contribution < 1.29 is 4.79 Å². The third-order valence-electron chi connectivity index (χ3n) is 4.58. The fraction of sp³-hybridized carbons (Fsp3) is 0.941. The monoisotopic (exact) mass is 282 g/mol. The molecule has 0 aromatic rings. The van der Waals surface area contributed by atoms with Gasteiger partial charge in [-0.25, -0.2) is 0 Å². The summed E-state index contributed by atoms with van der Waals surface area (Å²) in [6.45, 7) is 16.6. The van der Waals surface area contributed by atoms with E-state index in [4.69, 9.17) is 0 Å². The van der Waals surface area contributed by atoms with Crippen LogP contribution in [0.4, 0.5) is 0 Å². The zero-order valence-electron chi connectivity index (χ0n) is 14.6. The van der Waals surface area contributed by atoms with Gasteiger partial charge in [0.15, 0.2) is 0 Å². The highest BCUT2D eigenvalue weighted by atomic mass is 16.2. The highest BCUT2D eigenvalue weighted by Crippen LogP contribution is 2.33. The summed E-state index contributed by atoms with van der Waals surface area (Å²) >= 11 is 0. The van der Waals surface area contributed by atoms with Crippen LogP contribution in [0.2, 0.25) is 0 Å². The van der Waals surface area contributed by atoms with E-state index in [0.717, 1.165) is 25.4 Å².